The Hall–Kier alpha value is -2.23. The molecule has 8 nitrogen and oxygen atoms in total. The number of aromatic amines is 1. The van der Waals surface area contributed by atoms with Crippen molar-refractivity contribution in [3.05, 3.63) is 42.4 Å². The molecule has 1 N–H and O–H groups in total. The molecule has 1 saturated heterocycles. The van der Waals surface area contributed by atoms with Gasteiger partial charge in [0.15, 0.2) is 0 Å². The molecule has 0 spiro atoms. The van der Waals surface area contributed by atoms with Gasteiger partial charge in [-0.3, -0.25) is 10.00 Å². The molecule has 1 aliphatic rings. The van der Waals surface area contributed by atoms with Crippen LogP contribution in [0.2, 0.25) is 0 Å². The zero-order chi connectivity index (χ0) is 16.6. The van der Waals surface area contributed by atoms with Gasteiger partial charge in [-0.1, -0.05) is 5.16 Å². The van der Waals surface area contributed by atoms with E-state index >= 15 is 0 Å². The van der Waals surface area contributed by atoms with E-state index in [1.54, 1.807) is 30.7 Å². The summed E-state index contributed by atoms with van der Waals surface area (Å²) in [5, 5.41) is 11.5. The van der Waals surface area contributed by atoms with Crippen LogP contribution in [0.4, 0.5) is 0 Å². The second kappa shape index (κ2) is 6.00. The van der Waals surface area contributed by atoms with Crippen LogP contribution in [0.3, 0.4) is 0 Å². The minimum absolute atomic E-state index is 0.296. The molecule has 0 saturated carbocycles. The maximum atomic E-state index is 12.8. The summed E-state index contributed by atoms with van der Waals surface area (Å²) >= 11 is 0. The van der Waals surface area contributed by atoms with E-state index < -0.39 is 10.0 Å². The van der Waals surface area contributed by atoms with Crippen molar-refractivity contribution in [3.8, 4) is 0 Å². The van der Waals surface area contributed by atoms with Crippen LogP contribution in [-0.4, -0.2) is 59.2 Å². The third-order valence-electron chi connectivity index (χ3n) is 4.26. The number of H-pyrrole nitrogens is 1. The molecule has 0 radical (unpaired) electrons. The Bertz CT molecular complexity index is 927. The first-order valence-electron chi connectivity index (χ1n) is 7.68. The quantitative estimate of drug-likeness (QED) is 0.758. The number of sulfonamides is 1. The third-order valence-corrected chi connectivity index (χ3v) is 6.15. The van der Waals surface area contributed by atoms with E-state index in [-0.39, 0.29) is 0 Å². The van der Waals surface area contributed by atoms with E-state index in [1.807, 2.05) is 6.07 Å². The summed E-state index contributed by atoms with van der Waals surface area (Å²) in [4.78, 5) is 2.46. The van der Waals surface area contributed by atoms with Gasteiger partial charge in [-0.15, -0.1) is 0 Å². The summed E-state index contributed by atoms with van der Waals surface area (Å²) in [7, 11) is -3.49. The van der Waals surface area contributed by atoms with Crippen LogP contribution in [0.25, 0.3) is 10.9 Å². The van der Waals surface area contributed by atoms with Crippen LogP contribution >= 0.6 is 0 Å². The number of benzene rings is 1. The number of rotatable bonds is 4. The van der Waals surface area contributed by atoms with Crippen molar-refractivity contribution in [2.45, 2.75) is 11.4 Å². The summed E-state index contributed by atoms with van der Waals surface area (Å²) in [6.45, 7) is 2.92. The van der Waals surface area contributed by atoms with Gasteiger partial charge >= 0.3 is 0 Å². The van der Waals surface area contributed by atoms with Crippen LogP contribution in [-0.2, 0) is 16.6 Å². The SMILES string of the molecule is O=S(=O)(c1ccc2cn[nH]c2c1)N1CCN(Cc2ccon2)CC1. The molecule has 0 atom stereocenters. The number of nitrogens with zero attached hydrogens (tertiary/aromatic N) is 4. The van der Waals surface area contributed by atoms with Gasteiger partial charge in [0.25, 0.3) is 0 Å². The van der Waals surface area contributed by atoms with E-state index in [9.17, 15) is 8.42 Å². The molecular formula is C15H17N5O3S. The molecule has 1 aliphatic heterocycles. The number of piperazine rings is 1. The Morgan fingerprint density at radius 3 is 2.75 bits per heavy atom. The summed E-state index contributed by atoms with van der Waals surface area (Å²) in [6.07, 6.45) is 3.22. The standard InChI is InChI=1S/C15H17N5O3S/c21-24(22,14-2-1-12-10-16-17-15(12)9-14)20-6-4-19(5-7-20)11-13-3-8-23-18-13/h1-3,8-10H,4-7,11H2,(H,16,17). The highest BCUT2D eigenvalue weighted by Gasteiger charge is 2.28. The highest BCUT2D eigenvalue weighted by molar-refractivity contribution is 7.89. The second-order valence-electron chi connectivity index (χ2n) is 5.79. The molecule has 0 bridgehead atoms. The lowest BCUT2D eigenvalue weighted by atomic mass is 10.3. The lowest BCUT2D eigenvalue weighted by Crippen LogP contribution is -2.48. The number of nitrogens with one attached hydrogen (secondary N) is 1. The van der Waals surface area contributed by atoms with E-state index in [0.717, 1.165) is 16.6 Å². The molecule has 2 aromatic heterocycles. The normalized spacial score (nSPS) is 17.5. The lowest BCUT2D eigenvalue weighted by Gasteiger charge is -2.33. The van der Waals surface area contributed by atoms with Gasteiger partial charge in [0.1, 0.15) is 6.26 Å². The topological polar surface area (TPSA) is 95.3 Å². The Labute approximate surface area is 139 Å². The Morgan fingerprint density at radius 2 is 2.00 bits per heavy atom. The fourth-order valence-corrected chi connectivity index (χ4v) is 4.35. The first-order chi connectivity index (χ1) is 11.6. The van der Waals surface area contributed by atoms with E-state index in [1.165, 1.54) is 4.31 Å². The second-order valence-corrected chi connectivity index (χ2v) is 7.73. The zero-order valence-electron chi connectivity index (χ0n) is 12.9. The predicted molar refractivity (Wildman–Crippen MR) is 86.6 cm³/mol. The zero-order valence-corrected chi connectivity index (χ0v) is 13.7. The van der Waals surface area contributed by atoms with Crippen molar-refractivity contribution in [3.63, 3.8) is 0 Å². The number of fused-ring (bicyclic) bond motifs is 1. The molecule has 24 heavy (non-hydrogen) atoms. The van der Waals surface area contributed by atoms with Gasteiger partial charge in [0.2, 0.25) is 10.0 Å². The fraction of sp³-hybridized carbons (Fsp3) is 0.333. The van der Waals surface area contributed by atoms with Crippen LogP contribution in [0, 0.1) is 0 Å². The molecule has 9 heteroatoms. The Balaban J connectivity index is 1.47. The maximum Gasteiger partial charge on any atom is 0.243 e. The first kappa shape index (κ1) is 15.3. The van der Waals surface area contributed by atoms with Crippen LogP contribution in [0.15, 0.2) is 46.1 Å². The van der Waals surface area contributed by atoms with E-state index in [4.69, 9.17) is 4.52 Å². The van der Waals surface area contributed by atoms with Gasteiger partial charge in [-0.2, -0.15) is 9.40 Å². The fourth-order valence-electron chi connectivity index (χ4n) is 2.90. The highest BCUT2D eigenvalue weighted by atomic mass is 32.2. The average molecular weight is 347 g/mol. The van der Waals surface area contributed by atoms with Gasteiger partial charge in [0.05, 0.1) is 22.3 Å². The summed E-state index contributed by atoms with van der Waals surface area (Å²) in [6, 6.07) is 6.86. The number of hydrogen-bond donors (Lipinski definition) is 1. The number of hydrogen-bond acceptors (Lipinski definition) is 6. The van der Waals surface area contributed by atoms with Crippen molar-refractivity contribution < 1.29 is 12.9 Å². The van der Waals surface area contributed by atoms with Gasteiger partial charge in [-0.05, 0) is 18.2 Å². The maximum absolute atomic E-state index is 12.8. The minimum Gasteiger partial charge on any atom is -0.364 e. The van der Waals surface area contributed by atoms with Crippen LogP contribution < -0.4 is 0 Å². The van der Waals surface area contributed by atoms with Crippen molar-refractivity contribution in [1.29, 1.82) is 0 Å². The van der Waals surface area contributed by atoms with Crippen molar-refractivity contribution >= 4 is 20.9 Å². The van der Waals surface area contributed by atoms with Crippen molar-refractivity contribution in [2.75, 3.05) is 26.2 Å². The molecule has 3 heterocycles. The molecule has 0 unspecified atom stereocenters. The molecule has 0 aliphatic carbocycles. The van der Waals surface area contributed by atoms with Gasteiger partial charge < -0.3 is 4.52 Å². The average Bonchev–Trinajstić information content (AvgIpc) is 3.25. The molecule has 1 aromatic carbocycles. The molecule has 126 valence electrons. The molecule has 1 fully saturated rings. The van der Waals surface area contributed by atoms with Crippen molar-refractivity contribution in [2.24, 2.45) is 0 Å². The van der Waals surface area contributed by atoms with E-state index in [2.05, 4.69) is 20.3 Å². The van der Waals surface area contributed by atoms with E-state index in [0.29, 0.717) is 37.6 Å². The molecule has 4 rings (SSSR count). The number of aromatic nitrogens is 3. The third kappa shape index (κ3) is 2.81. The van der Waals surface area contributed by atoms with Crippen LogP contribution in [0.1, 0.15) is 5.69 Å². The van der Waals surface area contributed by atoms with Crippen LogP contribution in [0.5, 0.6) is 0 Å². The summed E-state index contributed by atoms with van der Waals surface area (Å²) < 4.78 is 32.0. The Kier molecular flexibility index (Phi) is 3.83. The van der Waals surface area contributed by atoms with Crippen molar-refractivity contribution in [1.82, 2.24) is 24.6 Å². The summed E-state index contributed by atoms with van der Waals surface area (Å²) in [5.41, 5.74) is 1.58. The monoisotopic (exact) mass is 347 g/mol. The van der Waals surface area contributed by atoms with Gasteiger partial charge in [0, 0.05) is 44.2 Å². The molecule has 3 aromatic rings. The minimum atomic E-state index is -3.49. The molecular weight excluding hydrogens is 330 g/mol. The summed E-state index contributed by atoms with van der Waals surface area (Å²) in [5.74, 6) is 0. The highest BCUT2D eigenvalue weighted by Crippen LogP contribution is 2.21. The first-order valence-corrected chi connectivity index (χ1v) is 9.12. The molecule has 0 amide bonds. The Morgan fingerprint density at radius 1 is 1.17 bits per heavy atom. The predicted octanol–water partition coefficient (Wildman–Crippen LogP) is 1.06. The van der Waals surface area contributed by atoms with Gasteiger partial charge in [-0.25, -0.2) is 8.42 Å². The lowest BCUT2D eigenvalue weighted by molar-refractivity contribution is 0.178. The smallest absolute Gasteiger partial charge is 0.243 e. The largest absolute Gasteiger partial charge is 0.364 e.